The van der Waals surface area contributed by atoms with Crippen molar-refractivity contribution in [2.45, 2.75) is 13.3 Å². The predicted molar refractivity (Wildman–Crippen MR) is 48.6 cm³/mol. The third kappa shape index (κ3) is 1.98. The zero-order chi connectivity index (χ0) is 8.97. The van der Waals surface area contributed by atoms with Crippen LogP contribution in [0.15, 0.2) is 11.4 Å². The highest BCUT2D eigenvalue weighted by molar-refractivity contribution is 7.12. The van der Waals surface area contributed by atoms with Gasteiger partial charge in [0, 0.05) is 6.54 Å². The van der Waals surface area contributed by atoms with Crippen molar-refractivity contribution in [3.8, 4) is 5.06 Å². The fourth-order valence-electron chi connectivity index (χ4n) is 0.808. The first kappa shape index (κ1) is 9.06. The summed E-state index contributed by atoms with van der Waals surface area (Å²) in [5, 5.41) is 13.6. The Hall–Kier alpha value is -1.03. The lowest BCUT2D eigenvalue weighted by Gasteiger charge is -2.00. The Morgan fingerprint density at radius 1 is 1.75 bits per heavy atom. The van der Waals surface area contributed by atoms with Crippen molar-refractivity contribution in [1.82, 2.24) is 5.32 Å². The molecule has 0 spiro atoms. The smallest absolute Gasteiger partial charge is 0.255 e. The van der Waals surface area contributed by atoms with Crippen LogP contribution in [0.4, 0.5) is 0 Å². The zero-order valence-corrected chi connectivity index (χ0v) is 7.65. The molecule has 0 aliphatic rings. The first-order chi connectivity index (χ1) is 5.75. The minimum atomic E-state index is -0.199. The molecule has 0 aliphatic heterocycles. The maximum absolute atomic E-state index is 11.2. The Kier molecular flexibility index (Phi) is 3.10. The average Bonchev–Trinajstić information content (AvgIpc) is 2.47. The van der Waals surface area contributed by atoms with Gasteiger partial charge >= 0.3 is 0 Å². The van der Waals surface area contributed by atoms with Gasteiger partial charge in [-0.1, -0.05) is 6.92 Å². The molecule has 0 unspecified atom stereocenters. The third-order valence-electron chi connectivity index (χ3n) is 1.42. The second-order valence-corrected chi connectivity index (χ2v) is 3.29. The summed E-state index contributed by atoms with van der Waals surface area (Å²) in [5.41, 5.74) is 0.369. The van der Waals surface area contributed by atoms with Gasteiger partial charge < -0.3 is 10.4 Å². The number of hydrogen-bond donors (Lipinski definition) is 2. The molecule has 0 radical (unpaired) electrons. The molecule has 1 heterocycles. The molecular weight excluding hydrogens is 174 g/mol. The Morgan fingerprint density at radius 3 is 3.00 bits per heavy atom. The summed E-state index contributed by atoms with van der Waals surface area (Å²) in [6.07, 6.45) is 0.899. The molecule has 66 valence electrons. The molecule has 1 aromatic heterocycles. The monoisotopic (exact) mass is 185 g/mol. The second kappa shape index (κ2) is 4.11. The standard InChI is InChI=1S/C8H11NO2S/c1-2-4-9-7(10)6-3-5-12-8(6)11/h3,5,11H,2,4H2,1H3,(H,9,10). The van der Waals surface area contributed by atoms with Gasteiger partial charge in [-0.2, -0.15) is 0 Å². The zero-order valence-electron chi connectivity index (χ0n) is 6.83. The maximum atomic E-state index is 11.2. The van der Waals surface area contributed by atoms with E-state index in [1.54, 1.807) is 11.4 Å². The molecule has 0 atom stereocenters. The Morgan fingerprint density at radius 2 is 2.50 bits per heavy atom. The van der Waals surface area contributed by atoms with Gasteiger partial charge in [-0.3, -0.25) is 4.79 Å². The van der Waals surface area contributed by atoms with Gasteiger partial charge in [-0.15, -0.1) is 11.3 Å². The lowest BCUT2D eigenvalue weighted by molar-refractivity contribution is 0.0952. The fourth-order valence-corrected chi connectivity index (χ4v) is 1.43. The van der Waals surface area contributed by atoms with Gasteiger partial charge in [0.1, 0.15) is 0 Å². The summed E-state index contributed by atoms with van der Waals surface area (Å²) in [6.45, 7) is 2.63. The molecule has 0 saturated carbocycles. The number of amides is 1. The molecule has 4 heteroatoms. The van der Waals surface area contributed by atoms with E-state index in [1.165, 1.54) is 0 Å². The van der Waals surface area contributed by atoms with E-state index in [0.717, 1.165) is 17.8 Å². The topological polar surface area (TPSA) is 49.3 Å². The van der Waals surface area contributed by atoms with Crippen molar-refractivity contribution in [3.05, 3.63) is 17.0 Å². The molecule has 3 nitrogen and oxygen atoms in total. The number of thiophene rings is 1. The first-order valence-electron chi connectivity index (χ1n) is 3.80. The van der Waals surface area contributed by atoms with E-state index in [0.29, 0.717) is 12.1 Å². The predicted octanol–water partition coefficient (Wildman–Crippen LogP) is 1.59. The summed E-state index contributed by atoms with van der Waals surface area (Å²) in [5.74, 6) is -0.199. The van der Waals surface area contributed by atoms with E-state index < -0.39 is 0 Å². The molecule has 1 rings (SSSR count). The number of carbonyl (C=O) groups excluding carboxylic acids is 1. The minimum Gasteiger partial charge on any atom is -0.499 e. The van der Waals surface area contributed by atoms with Crippen LogP contribution in [0.25, 0.3) is 0 Å². The van der Waals surface area contributed by atoms with Gasteiger partial charge in [-0.05, 0) is 17.9 Å². The Balaban J connectivity index is 2.59. The number of aromatic hydroxyl groups is 1. The molecule has 1 aromatic rings. The maximum Gasteiger partial charge on any atom is 0.255 e. The highest BCUT2D eigenvalue weighted by atomic mass is 32.1. The summed E-state index contributed by atoms with van der Waals surface area (Å²) < 4.78 is 0. The largest absolute Gasteiger partial charge is 0.499 e. The van der Waals surface area contributed by atoms with Gasteiger partial charge in [0.15, 0.2) is 5.06 Å². The lowest BCUT2D eigenvalue weighted by atomic mass is 10.3. The van der Waals surface area contributed by atoms with Crippen LogP contribution in [-0.2, 0) is 0 Å². The lowest BCUT2D eigenvalue weighted by Crippen LogP contribution is -2.23. The molecule has 1 amide bonds. The summed E-state index contributed by atoms with van der Waals surface area (Å²) in [4.78, 5) is 11.2. The second-order valence-electron chi connectivity index (χ2n) is 2.40. The van der Waals surface area contributed by atoms with Crippen LogP contribution in [0.2, 0.25) is 0 Å². The third-order valence-corrected chi connectivity index (χ3v) is 2.14. The van der Waals surface area contributed by atoms with Crippen LogP contribution in [0.5, 0.6) is 5.06 Å². The average molecular weight is 185 g/mol. The molecule has 0 bridgehead atoms. The van der Waals surface area contributed by atoms with Crippen molar-refractivity contribution in [2.24, 2.45) is 0 Å². The van der Waals surface area contributed by atoms with E-state index in [2.05, 4.69) is 5.32 Å². The molecule has 0 aliphatic carbocycles. The van der Waals surface area contributed by atoms with Gasteiger partial charge in [0.05, 0.1) is 5.56 Å². The molecule has 0 saturated heterocycles. The van der Waals surface area contributed by atoms with Crippen LogP contribution in [0.1, 0.15) is 23.7 Å². The quantitative estimate of drug-likeness (QED) is 0.751. The number of rotatable bonds is 3. The number of carbonyl (C=O) groups is 1. The van der Waals surface area contributed by atoms with Gasteiger partial charge in [-0.25, -0.2) is 0 Å². The van der Waals surface area contributed by atoms with Crippen molar-refractivity contribution in [3.63, 3.8) is 0 Å². The van der Waals surface area contributed by atoms with Gasteiger partial charge in [0.2, 0.25) is 0 Å². The highest BCUT2D eigenvalue weighted by Gasteiger charge is 2.10. The SMILES string of the molecule is CCCNC(=O)c1ccsc1O. The number of hydrogen-bond acceptors (Lipinski definition) is 3. The van der Waals surface area contributed by atoms with E-state index in [9.17, 15) is 9.90 Å². The summed E-state index contributed by atoms with van der Waals surface area (Å²) >= 11 is 1.16. The van der Waals surface area contributed by atoms with Crippen LogP contribution in [-0.4, -0.2) is 17.6 Å². The van der Waals surface area contributed by atoms with Crippen LogP contribution in [0.3, 0.4) is 0 Å². The van der Waals surface area contributed by atoms with E-state index in [4.69, 9.17) is 0 Å². The molecule has 0 fully saturated rings. The summed E-state index contributed by atoms with van der Waals surface area (Å²) in [7, 11) is 0. The van der Waals surface area contributed by atoms with Crippen LogP contribution >= 0.6 is 11.3 Å². The highest BCUT2D eigenvalue weighted by Crippen LogP contribution is 2.23. The molecular formula is C8H11NO2S. The van der Waals surface area contributed by atoms with Crippen molar-refractivity contribution < 1.29 is 9.90 Å². The van der Waals surface area contributed by atoms with E-state index >= 15 is 0 Å². The van der Waals surface area contributed by atoms with Crippen molar-refractivity contribution in [2.75, 3.05) is 6.54 Å². The van der Waals surface area contributed by atoms with E-state index in [1.807, 2.05) is 6.92 Å². The molecule has 12 heavy (non-hydrogen) atoms. The van der Waals surface area contributed by atoms with Crippen LogP contribution in [0, 0.1) is 0 Å². The molecule has 0 aromatic carbocycles. The fraction of sp³-hybridized carbons (Fsp3) is 0.375. The van der Waals surface area contributed by atoms with Crippen molar-refractivity contribution >= 4 is 17.2 Å². The normalized spacial score (nSPS) is 9.75. The van der Waals surface area contributed by atoms with Gasteiger partial charge in [0.25, 0.3) is 5.91 Å². The first-order valence-corrected chi connectivity index (χ1v) is 4.68. The summed E-state index contributed by atoms with van der Waals surface area (Å²) in [6, 6.07) is 1.62. The Bertz CT molecular complexity index is 270. The Labute approximate surface area is 75.0 Å². The number of nitrogens with one attached hydrogen (secondary N) is 1. The molecule has 2 N–H and O–H groups in total. The van der Waals surface area contributed by atoms with Crippen LogP contribution < -0.4 is 5.32 Å². The van der Waals surface area contributed by atoms with E-state index in [-0.39, 0.29) is 11.0 Å². The van der Waals surface area contributed by atoms with Crippen molar-refractivity contribution in [1.29, 1.82) is 0 Å². The minimum absolute atomic E-state index is 0.0867.